The van der Waals surface area contributed by atoms with E-state index < -0.39 is 0 Å². The van der Waals surface area contributed by atoms with Crippen LogP contribution in [0, 0.1) is 0 Å². The van der Waals surface area contributed by atoms with Gasteiger partial charge in [-0.15, -0.1) is 0 Å². The fourth-order valence-corrected chi connectivity index (χ4v) is 2.29. The zero-order valence-electron chi connectivity index (χ0n) is 11.8. The molecule has 5 nitrogen and oxygen atoms in total. The summed E-state index contributed by atoms with van der Waals surface area (Å²) >= 11 is 0. The fraction of sp³-hybridized carbons (Fsp3) is 0.467. The molecule has 1 aromatic carbocycles. The van der Waals surface area contributed by atoms with Crippen molar-refractivity contribution in [3.8, 4) is 0 Å². The van der Waals surface area contributed by atoms with E-state index in [0.29, 0.717) is 11.3 Å². The summed E-state index contributed by atoms with van der Waals surface area (Å²) in [6, 6.07) is 6.83. The van der Waals surface area contributed by atoms with Crippen LogP contribution in [0.5, 0.6) is 0 Å². The van der Waals surface area contributed by atoms with Gasteiger partial charge in [0.15, 0.2) is 0 Å². The van der Waals surface area contributed by atoms with Crippen LogP contribution in [0.25, 0.3) is 0 Å². The number of rotatable bonds is 4. The smallest absolute Gasteiger partial charge is 0.251 e. The third kappa shape index (κ3) is 3.81. The minimum absolute atomic E-state index is 0.0000196. The maximum atomic E-state index is 12.1. The first-order valence-electron chi connectivity index (χ1n) is 6.86. The molecule has 2 unspecified atom stereocenters. The second-order valence-electron chi connectivity index (χ2n) is 5.07. The van der Waals surface area contributed by atoms with Crippen molar-refractivity contribution in [2.45, 2.75) is 38.8 Å². The summed E-state index contributed by atoms with van der Waals surface area (Å²) in [7, 11) is 0. The van der Waals surface area contributed by atoms with Gasteiger partial charge in [-0.2, -0.15) is 0 Å². The van der Waals surface area contributed by atoms with E-state index in [4.69, 9.17) is 4.74 Å². The normalized spacial score (nSPS) is 19.4. The molecule has 0 spiro atoms. The molecule has 20 heavy (non-hydrogen) atoms. The van der Waals surface area contributed by atoms with Gasteiger partial charge in [-0.05, 0) is 44.0 Å². The van der Waals surface area contributed by atoms with Crippen molar-refractivity contribution in [3.05, 3.63) is 29.8 Å². The van der Waals surface area contributed by atoms with Crippen molar-refractivity contribution in [3.63, 3.8) is 0 Å². The fourth-order valence-electron chi connectivity index (χ4n) is 2.29. The highest BCUT2D eigenvalue weighted by Crippen LogP contribution is 2.16. The second-order valence-corrected chi connectivity index (χ2v) is 5.07. The van der Waals surface area contributed by atoms with Gasteiger partial charge >= 0.3 is 0 Å². The Labute approximate surface area is 118 Å². The molecule has 1 heterocycles. The summed E-state index contributed by atoms with van der Waals surface area (Å²) in [4.78, 5) is 23.0. The first-order valence-corrected chi connectivity index (χ1v) is 6.86. The molecule has 1 fully saturated rings. The minimum Gasteiger partial charge on any atom is -0.376 e. The predicted molar refractivity (Wildman–Crippen MR) is 76.6 cm³/mol. The molecular weight excluding hydrogens is 256 g/mol. The molecule has 0 radical (unpaired) electrons. The van der Waals surface area contributed by atoms with E-state index in [2.05, 4.69) is 10.6 Å². The zero-order valence-corrected chi connectivity index (χ0v) is 11.8. The van der Waals surface area contributed by atoms with E-state index in [9.17, 15) is 9.59 Å². The van der Waals surface area contributed by atoms with Crippen LogP contribution in [-0.4, -0.2) is 30.6 Å². The Morgan fingerprint density at radius 2 is 2.00 bits per heavy atom. The standard InChI is InChI=1S/C15H20N2O3/c1-10(14-4-3-9-20-14)16-15(19)12-5-7-13(8-6-12)17-11(2)18/h5-8,10,14H,3-4,9H2,1-2H3,(H,16,19)(H,17,18). The van der Waals surface area contributed by atoms with Crippen molar-refractivity contribution < 1.29 is 14.3 Å². The zero-order chi connectivity index (χ0) is 14.5. The lowest BCUT2D eigenvalue weighted by Gasteiger charge is -2.20. The molecule has 0 saturated carbocycles. The molecule has 2 atom stereocenters. The molecule has 0 bridgehead atoms. The van der Waals surface area contributed by atoms with E-state index in [0.717, 1.165) is 19.4 Å². The van der Waals surface area contributed by atoms with Crippen molar-refractivity contribution in [2.75, 3.05) is 11.9 Å². The van der Waals surface area contributed by atoms with Crippen molar-refractivity contribution in [1.82, 2.24) is 5.32 Å². The molecular formula is C15H20N2O3. The predicted octanol–water partition coefficient (Wildman–Crippen LogP) is 1.94. The molecule has 1 aliphatic heterocycles. The summed E-state index contributed by atoms with van der Waals surface area (Å²) in [5.74, 6) is -0.253. The number of ether oxygens (including phenoxy) is 1. The van der Waals surface area contributed by atoms with Gasteiger partial charge in [0.25, 0.3) is 5.91 Å². The molecule has 1 aliphatic rings. The van der Waals surface area contributed by atoms with Crippen molar-refractivity contribution in [1.29, 1.82) is 0 Å². The Balaban J connectivity index is 1.93. The van der Waals surface area contributed by atoms with Gasteiger partial charge in [0.2, 0.25) is 5.91 Å². The van der Waals surface area contributed by atoms with Crippen LogP contribution in [-0.2, 0) is 9.53 Å². The number of benzene rings is 1. The van der Waals surface area contributed by atoms with Crippen LogP contribution in [0.1, 0.15) is 37.0 Å². The molecule has 0 aliphatic carbocycles. The van der Waals surface area contributed by atoms with Crippen LogP contribution in [0.4, 0.5) is 5.69 Å². The summed E-state index contributed by atoms with van der Waals surface area (Å²) in [5.41, 5.74) is 1.25. The number of carbonyl (C=O) groups is 2. The number of nitrogens with one attached hydrogen (secondary N) is 2. The molecule has 108 valence electrons. The average Bonchev–Trinajstić information content (AvgIpc) is 2.92. The van der Waals surface area contributed by atoms with Crippen molar-refractivity contribution in [2.24, 2.45) is 0 Å². The van der Waals surface area contributed by atoms with E-state index in [-0.39, 0.29) is 24.0 Å². The SMILES string of the molecule is CC(=O)Nc1ccc(C(=O)NC(C)C2CCCO2)cc1. The number of anilines is 1. The minimum atomic E-state index is -0.130. The largest absolute Gasteiger partial charge is 0.376 e. The van der Waals surface area contributed by atoms with E-state index in [1.165, 1.54) is 6.92 Å². The number of hydrogen-bond donors (Lipinski definition) is 2. The second kappa shape index (κ2) is 6.52. The van der Waals surface area contributed by atoms with Gasteiger partial charge in [-0.3, -0.25) is 9.59 Å². The molecule has 2 rings (SSSR count). The maximum Gasteiger partial charge on any atom is 0.251 e. The molecule has 1 saturated heterocycles. The van der Waals surface area contributed by atoms with Crippen molar-refractivity contribution >= 4 is 17.5 Å². The van der Waals surface area contributed by atoms with Crippen LogP contribution in [0.3, 0.4) is 0 Å². The highest BCUT2D eigenvalue weighted by Gasteiger charge is 2.23. The van der Waals surface area contributed by atoms with Gasteiger partial charge < -0.3 is 15.4 Å². The van der Waals surface area contributed by atoms with Crippen LogP contribution in [0.2, 0.25) is 0 Å². The Bertz CT molecular complexity index is 478. The maximum absolute atomic E-state index is 12.1. The molecule has 0 aromatic heterocycles. The van der Waals surface area contributed by atoms with Gasteiger partial charge in [0, 0.05) is 24.8 Å². The lowest BCUT2D eigenvalue weighted by atomic mass is 10.1. The Morgan fingerprint density at radius 3 is 2.55 bits per heavy atom. The third-order valence-corrected chi connectivity index (χ3v) is 3.35. The van der Waals surface area contributed by atoms with Gasteiger partial charge in [-0.25, -0.2) is 0 Å². The molecule has 2 N–H and O–H groups in total. The monoisotopic (exact) mass is 276 g/mol. The van der Waals surface area contributed by atoms with Gasteiger partial charge in [0.1, 0.15) is 0 Å². The lowest BCUT2D eigenvalue weighted by Crippen LogP contribution is -2.40. The molecule has 5 heteroatoms. The summed E-state index contributed by atoms with van der Waals surface area (Å²) in [6.07, 6.45) is 2.15. The Kier molecular flexibility index (Phi) is 4.74. The molecule has 1 aromatic rings. The highest BCUT2D eigenvalue weighted by molar-refractivity contribution is 5.95. The topological polar surface area (TPSA) is 67.4 Å². The van der Waals surface area contributed by atoms with Gasteiger partial charge in [-0.1, -0.05) is 0 Å². The Morgan fingerprint density at radius 1 is 1.30 bits per heavy atom. The number of hydrogen-bond acceptors (Lipinski definition) is 3. The first-order chi connectivity index (χ1) is 9.56. The summed E-state index contributed by atoms with van der Waals surface area (Å²) in [5, 5.41) is 5.61. The Hall–Kier alpha value is -1.88. The van der Waals surface area contributed by atoms with Crippen LogP contribution in [0.15, 0.2) is 24.3 Å². The first kappa shape index (κ1) is 14.5. The van der Waals surface area contributed by atoms with E-state index in [1.807, 2.05) is 6.92 Å². The van der Waals surface area contributed by atoms with Gasteiger partial charge in [0.05, 0.1) is 12.1 Å². The highest BCUT2D eigenvalue weighted by atomic mass is 16.5. The molecule has 2 amide bonds. The quantitative estimate of drug-likeness (QED) is 0.883. The third-order valence-electron chi connectivity index (χ3n) is 3.35. The summed E-state index contributed by atoms with van der Waals surface area (Å²) < 4.78 is 5.55. The van der Waals surface area contributed by atoms with E-state index in [1.54, 1.807) is 24.3 Å². The summed E-state index contributed by atoms with van der Waals surface area (Å²) in [6.45, 7) is 4.18. The van der Waals surface area contributed by atoms with Crippen LogP contribution < -0.4 is 10.6 Å². The average molecular weight is 276 g/mol. The number of carbonyl (C=O) groups excluding carboxylic acids is 2. The van der Waals surface area contributed by atoms with E-state index >= 15 is 0 Å². The lowest BCUT2D eigenvalue weighted by molar-refractivity contribution is -0.114. The number of amides is 2. The van der Waals surface area contributed by atoms with Crippen LogP contribution >= 0.6 is 0 Å².